The van der Waals surface area contributed by atoms with Gasteiger partial charge in [-0.15, -0.1) is 0 Å². The van der Waals surface area contributed by atoms with Gasteiger partial charge in [-0.2, -0.15) is 0 Å². The number of rotatable bonds is 3. The lowest BCUT2D eigenvalue weighted by Gasteiger charge is -2.66. The summed E-state index contributed by atoms with van der Waals surface area (Å²) in [5.74, 6) is 1.77. The van der Waals surface area contributed by atoms with Crippen molar-refractivity contribution in [2.24, 2.45) is 28.1 Å². The monoisotopic (exact) mass is 262 g/mol. The van der Waals surface area contributed by atoms with E-state index in [1.54, 1.807) is 0 Å². The number of aliphatic hydroxyl groups is 1. The van der Waals surface area contributed by atoms with Crippen LogP contribution in [0.1, 0.15) is 78.1 Å². The molecule has 0 saturated heterocycles. The number of aliphatic hydroxyl groups excluding tert-OH is 1. The van der Waals surface area contributed by atoms with Gasteiger partial charge >= 0.3 is 0 Å². The first kappa shape index (κ1) is 12.7. The Hall–Kier alpha value is -0.0400. The van der Waals surface area contributed by atoms with Crippen LogP contribution in [0.5, 0.6) is 0 Å². The SMILES string of the molecule is CC12CC3CC(C)(C1)CC(C(O)CC1CCC1)(C3)C2. The average molecular weight is 262 g/mol. The smallest absolute Gasteiger partial charge is 0.0599 e. The summed E-state index contributed by atoms with van der Waals surface area (Å²) in [6.45, 7) is 5.03. The van der Waals surface area contributed by atoms with Crippen LogP contribution in [0.25, 0.3) is 0 Å². The molecule has 19 heavy (non-hydrogen) atoms. The van der Waals surface area contributed by atoms with Crippen molar-refractivity contribution in [2.45, 2.75) is 84.2 Å². The summed E-state index contributed by atoms with van der Waals surface area (Å²) in [5.41, 5.74) is 1.40. The molecular weight excluding hydrogens is 232 g/mol. The van der Waals surface area contributed by atoms with Gasteiger partial charge in [0.2, 0.25) is 0 Å². The fourth-order valence-corrected chi connectivity index (χ4v) is 7.20. The van der Waals surface area contributed by atoms with E-state index < -0.39 is 0 Å². The summed E-state index contributed by atoms with van der Waals surface area (Å²) in [7, 11) is 0. The predicted molar refractivity (Wildman–Crippen MR) is 77.8 cm³/mol. The van der Waals surface area contributed by atoms with Gasteiger partial charge < -0.3 is 5.11 Å². The van der Waals surface area contributed by atoms with E-state index in [4.69, 9.17) is 0 Å². The van der Waals surface area contributed by atoms with Gasteiger partial charge in [-0.25, -0.2) is 0 Å². The Bertz CT molecular complexity index is 365. The molecule has 108 valence electrons. The maximum Gasteiger partial charge on any atom is 0.0599 e. The Balaban J connectivity index is 1.59. The van der Waals surface area contributed by atoms with E-state index >= 15 is 0 Å². The lowest BCUT2D eigenvalue weighted by Crippen LogP contribution is -2.59. The molecule has 1 N–H and O–H groups in total. The van der Waals surface area contributed by atoms with Gasteiger partial charge in [0.1, 0.15) is 0 Å². The Morgan fingerprint density at radius 3 is 2.11 bits per heavy atom. The minimum Gasteiger partial charge on any atom is -0.393 e. The Kier molecular flexibility index (Phi) is 2.52. The summed E-state index contributed by atoms with van der Waals surface area (Å²) in [5, 5.41) is 11.0. The molecule has 0 amide bonds. The summed E-state index contributed by atoms with van der Waals surface area (Å²) >= 11 is 0. The predicted octanol–water partition coefficient (Wildman–Crippen LogP) is 4.53. The summed E-state index contributed by atoms with van der Waals surface area (Å²) < 4.78 is 0. The van der Waals surface area contributed by atoms with Crippen LogP contribution in [-0.2, 0) is 0 Å². The molecule has 5 fully saturated rings. The molecule has 0 aliphatic heterocycles. The van der Waals surface area contributed by atoms with Crippen molar-refractivity contribution in [3.8, 4) is 0 Å². The third-order valence-corrected chi connectivity index (χ3v) is 7.16. The molecule has 3 atom stereocenters. The van der Waals surface area contributed by atoms with Crippen molar-refractivity contribution in [1.82, 2.24) is 0 Å². The molecule has 1 nitrogen and oxygen atoms in total. The Labute approximate surface area is 118 Å². The molecule has 0 spiro atoms. The first-order valence-electron chi connectivity index (χ1n) is 8.59. The zero-order valence-electron chi connectivity index (χ0n) is 12.8. The van der Waals surface area contributed by atoms with E-state index in [0.29, 0.717) is 16.2 Å². The zero-order valence-corrected chi connectivity index (χ0v) is 12.8. The lowest BCUT2D eigenvalue weighted by atomic mass is 9.39. The van der Waals surface area contributed by atoms with E-state index in [2.05, 4.69) is 13.8 Å². The Morgan fingerprint density at radius 1 is 1.00 bits per heavy atom. The molecule has 5 aliphatic rings. The summed E-state index contributed by atoms with van der Waals surface area (Å²) in [6.07, 6.45) is 13.6. The van der Waals surface area contributed by atoms with Crippen molar-refractivity contribution in [3.63, 3.8) is 0 Å². The first-order valence-corrected chi connectivity index (χ1v) is 8.59. The number of hydrogen-bond donors (Lipinski definition) is 1. The van der Waals surface area contributed by atoms with Gasteiger partial charge in [-0.05, 0) is 73.0 Å². The molecule has 5 aliphatic carbocycles. The molecular formula is C18H30O. The highest BCUT2D eigenvalue weighted by molar-refractivity contribution is 5.12. The highest BCUT2D eigenvalue weighted by Crippen LogP contribution is 2.70. The molecule has 0 aromatic heterocycles. The zero-order chi connectivity index (χ0) is 13.3. The maximum atomic E-state index is 11.0. The normalized spacial score (nSPS) is 54.2. The van der Waals surface area contributed by atoms with Gasteiger partial charge in [0.25, 0.3) is 0 Å². The van der Waals surface area contributed by atoms with E-state index in [1.807, 2.05) is 0 Å². The quantitative estimate of drug-likeness (QED) is 0.792. The van der Waals surface area contributed by atoms with Gasteiger partial charge in [-0.3, -0.25) is 0 Å². The standard InChI is InChI=1S/C18H30O/c1-16-7-14-8-17(2,10-16)12-18(9-14,11-16)15(19)6-13-4-3-5-13/h13-15,19H,3-12H2,1-2H3. The van der Waals surface area contributed by atoms with Crippen molar-refractivity contribution in [2.75, 3.05) is 0 Å². The minimum absolute atomic E-state index is 0.000139. The Morgan fingerprint density at radius 2 is 1.63 bits per heavy atom. The number of hydrogen-bond acceptors (Lipinski definition) is 1. The minimum atomic E-state index is -0.000139. The molecule has 1 heteroatoms. The van der Waals surface area contributed by atoms with Crippen LogP contribution < -0.4 is 0 Å². The third kappa shape index (κ3) is 1.91. The first-order chi connectivity index (χ1) is 8.91. The fraction of sp³-hybridized carbons (Fsp3) is 1.00. The van der Waals surface area contributed by atoms with E-state index in [0.717, 1.165) is 18.3 Å². The van der Waals surface area contributed by atoms with Gasteiger partial charge in [-0.1, -0.05) is 33.1 Å². The van der Waals surface area contributed by atoms with Crippen LogP contribution in [0.4, 0.5) is 0 Å². The molecule has 0 radical (unpaired) electrons. The van der Waals surface area contributed by atoms with Crippen LogP contribution in [0.15, 0.2) is 0 Å². The summed E-state index contributed by atoms with van der Waals surface area (Å²) in [6, 6.07) is 0. The summed E-state index contributed by atoms with van der Waals surface area (Å²) in [4.78, 5) is 0. The second-order valence-corrected chi connectivity index (χ2v) is 9.54. The van der Waals surface area contributed by atoms with Gasteiger partial charge in [0, 0.05) is 0 Å². The van der Waals surface area contributed by atoms with Crippen molar-refractivity contribution in [1.29, 1.82) is 0 Å². The second-order valence-electron chi connectivity index (χ2n) is 9.54. The third-order valence-electron chi connectivity index (χ3n) is 7.16. The molecule has 5 rings (SSSR count). The van der Waals surface area contributed by atoms with Crippen LogP contribution >= 0.6 is 0 Å². The topological polar surface area (TPSA) is 20.2 Å². The van der Waals surface area contributed by atoms with Crippen molar-refractivity contribution >= 4 is 0 Å². The largest absolute Gasteiger partial charge is 0.393 e. The average Bonchev–Trinajstić information content (AvgIpc) is 2.17. The molecule has 4 bridgehead atoms. The lowest BCUT2D eigenvalue weighted by molar-refractivity contribution is -0.189. The van der Waals surface area contributed by atoms with E-state index in [9.17, 15) is 5.11 Å². The fourth-order valence-electron chi connectivity index (χ4n) is 7.20. The van der Waals surface area contributed by atoms with Crippen molar-refractivity contribution < 1.29 is 5.11 Å². The van der Waals surface area contributed by atoms with Crippen LogP contribution in [0, 0.1) is 28.1 Å². The highest BCUT2D eigenvalue weighted by atomic mass is 16.3. The van der Waals surface area contributed by atoms with Gasteiger partial charge in [0.15, 0.2) is 0 Å². The highest BCUT2D eigenvalue weighted by Gasteiger charge is 2.62. The molecule has 5 saturated carbocycles. The van der Waals surface area contributed by atoms with E-state index in [1.165, 1.54) is 57.8 Å². The van der Waals surface area contributed by atoms with E-state index in [-0.39, 0.29) is 6.10 Å². The maximum absolute atomic E-state index is 11.0. The molecule has 0 aromatic carbocycles. The van der Waals surface area contributed by atoms with Crippen LogP contribution in [0.2, 0.25) is 0 Å². The molecule has 3 unspecified atom stereocenters. The van der Waals surface area contributed by atoms with Gasteiger partial charge in [0.05, 0.1) is 6.10 Å². The van der Waals surface area contributed by atoms with Crippen LogP contribution in [-0.4, -0.2) is 11.2 Å². The molecule has 0 heterocycles. The second kappa shape index (κ2) is 3.78. The van der Waals surface area contributed by atoms with Crippen LogP contribution in [0.3, 0.4) is 0 Å². The molecule has 0 aromatic rings. The van der Waals surface area contributed by atoms with Crippen molar-refractivity contribution in [3.05, 3.63) is 0 Å².